The second-order valence-electron chi connectivity index (χ2n) is 6.58. The molecule has 0 bridgehead atoms. The van der Waals surface area contributed by atoms with Crippen LogP contribution in [0.5, 0.6) is 5.75 Å². The molecule has 1 amide bonds. The first-order chi connectivity index (χ1) is 13.3. The van der Waals surface area contributed by atoms with Gasteiger partial charge in [0.2, 0.25) is 15.9 Å². The van der Waals surface area contributed by atoms with Crippen molar-refractivity contribution in [1.82, 2.24) is 5.01 Å². The summed E-state index contributed by atoms with van der Waals surface area (Å²) in [4.78, 5) is 12.4. The minimum Gasteiger partial charge on any atom is -0.497 e. The molecule has 0 spiro atoms. The fourth-order valence-corrected chi connectivity index (χ4v) is 3.67. The van der Waals surface area contributed by atoms with E-state index < -0.39 is 10.0 Å². The molecule has 0 aromatic heterocycles. The third kappa shape index (κ3) is 4.51. The van der Waals surface area contributed by atoms with Crippen molar-refractivity contribution in [3.8, 4) is 5.75 Å². The molecule has 0 saturated carbocycles. The molecule has 0 saturated heterocycles. The smallest absolute Gasteiger partial charge is 0.242 e. The van der Waals surface area contributed by atoms with Gasteiger partial charge in [0.05, 0.1) is 25.1 Å². The summed E-state index contributed by atoms with van der Waals surface area (Å²) >= 11 is 0. The lowest BCUT2D eigenvalue weighted by molar-refractivity contribution is -0.132. The molecule has 1 aliphatic heterocycles. The fraction of sp³-hybridized carbons (Fsp3) is 0.300. The van der Waals surface area contributed by atoms with Gasteiger partial charge in [-0.2, -0.15) is 5.10 Å². The number of anilines is 1. The predicted molar refractivity (Wildman–Crippen MR) is 109 cm³/mol. The molecule has 1 atom stereocenters. The third-order valence-electron chi connectivity index (χ3n) is 4.49. The number of carbonyl (C=O) groups excluding carboxylic acids is 1. The van der Waals surface area contributed by atoms with E-state index in [0.29, 0.717) is 18.5 Å². The summed E-state index contributed by atoms with van der Waals surface area (Å²) in [6.45, 7) is 1.81. The minimum atomic E-state index is -3.33. The lowest BCUT2D eigenvalue weighted by Gasteiger charge is -2.21. The molecular weight excluding hydrogens is 378 g/mol. The van der Waals surface area contributed by atoms with Crippen molar-refractivity contribution in [2.24, 2.45) is 5.10 Å². The van der Waals surface area contributed by atoms with Crippen molar-refractivity contribution in [1.29, 1.82) is 0 Å². The minimum absolute atomic E-state index is 0.0498. The Balaban J connectivity index is 1.86. The first kappa shape index (κ1) is 19.9. The Kier molecular flexibility index (Phi) is 5.69. The molecule has 1 N–H and O–H groups in total. The van der Waals surface area contributed by atoms with Crippen LogP contribution in [0.15, 0.2) is 53.6 Å². The zero-order valence-electron chi connectivity index (χ0n) is 16.0. The van der Waals surface area contributed by atoms with E-state index in [2.05, 4.69) is 9.82 Å². The Morgan fingerprint density at radius 1 is 1.18 bits per heavy atom. The Bertz CT molecular complexity index is 983. The van der Waals surface area contributed by atoms with Gasteiger partial charge in [-0.15, -0.1) is 0 Å². The van der Waals surface area contributed by atoms with Crippen LogP contribution in [0, 0.1) is 0 Å². The summed E-state index contributed by atoms with van der Waals surface area (Å²) < 4.78 is 30.3. The van der Waals surface area contributed by atoms with Crippen LogP contribution in [0.3, 0.4) is 0 Å². The molecule has 148 valence electrons. The van der Waals surface area contributed by atoms with Gasteiger partial charge in [0.1, 0.15) is 5.75 Å². The van der Waals surface area contributed by atoms with E-state index in [4.69, 9.17) is 4.74 Å². The van der Waals surface area contributed by atoms with Crippen LogP contribution in [-0.2, 0) is 14.8 Å². The largest absolute Gasteiger partial charge is 0.497 e. The van der Waals surface area contributed by atoms with E-state index in [0.717, 1.165) is 28.8 Å². The number of sulfonamides is 1. The van der Waals surface area contributed by atoms with E-state index in [1.165, 1.54) is 0 Å². The number of amides is 1. The summed E-state index contributed by atoms with van der Waals surface area (Å²) in [5.74, 6) is 0.705. The van der Waals surface area contributed by atoms with Crippen molar-refractivity contribution in [3.05, 3.63) is 59.7 Å². The van der Waals surface area contributed by atoms with Crippen LogP contribution in [0.25, 0.3) is 0 Å². The Morgan fingerprint density at radius 2 is 1.82 bits per heavy atom. The second-order valence-corrected chi connectivity index (χ2v) is 8.33. The zero-order valence-corrected chi connectivity index (χ0v) is 16.9. The number of nitrogens with one attached hydrogen (secondary N) is 1. The topological polar surface area (TPSA) is 88.1 Å². The average molecular weight is 401 g/mol. The number of hydrazone groups is 1. The highest BCUT2D eigenvalue weighted by Crippen LogP contribution is 2.34. The first-order valence-electron chi connectivity index (χ1n) is 8.92. The monoisotopic (exact) mass is 401 g/mol. The number of ether oxygens (including phenoxy) is 1. The highest BCUT2D eigenvalue weighted by molar-refractivity contribution is 7.92. The highest BCUT2D eigenvalue weighted by Gasteiger charge is 2.32. The molecule has 0 fully saturated rings. The van der Waals surface area contributed by atoms with Crippen LogP contribution in [0.2, 0.25) is 0 Å². The lowest BCUT2D eigenvalue weighted by atomic mass is 9.98. The molecule has 2 aromatic rings. The molecular formula is C20H23N3O4S. The summed E-state index contributed by atoms with van der Waals surface area (Å²) in [5.41, 5.74) is 3.10. The van der Waals surface area contributed by atoms with Crippen molar-refractivity contribution in [2.75, 3.05) is 18.1 Å². The molecule has 1 heterocycles. The fourth-order valence-electron chi connectivity index (χ4n) is 3.11. The van der Waals surface area contributed by atoms with E-state index in [9.17, 15) is 13.2 Å². The van der Waals surface area contributed by atoms with Gasteiger partial charge >= 0.3 is 0 Å². The number of hydrogen-bond donors (Lipinski definition) is 1. The van der Waals surface area contributed by atoms with Crippen LogP contribution in [0.1, 0.15) is 36.9 Å². The number of hydrogen-bond acceptors (Lipinski definition) is 5. The number of carbonyl (C=O) groups is 1. The maximum atomic E-state index is 12.4. The number of methoxy groups -OCH3 is 1. The van der Waals surface area contributed by atoms with Gasteiger partial charge in [0, 0.05) is 18.5 Å². The van der Waals surface area contributed by atoms with Crippen LogP contribution < -0.4 is 9.46 Å². The molecule has 7 nitrogen and oxygen atoms in total. The molecule has 2 aromatic carbocycles. The van der Waals surface area contributed by atoms with Crippen LogP contribution >= 0.6 is 0 Å². The Labute approximate surface area is 165 Å². The molecule has 3 rings (SSSR count). The van der Waals surface area contributed by atoms with E-state index in [1.54, 1.807) is 36.4 Å². The van der Waals surface area contributed by atoms with Crippen molar-refractivity contribution >= 4 is 27.3 Å². The molecule has 0 unspecified atom stereocenters. The second kappa shape index (κ2) is 8.02. The van der Waals surface area contributed by atoms with Gasteiger partial charge in [-0.3, -0.25) is 9.52 Å². The third-order valence-corrected chi connectivity index (χ3v) is 5.10. The van der Waals surface area contributed by atoms with Gasteiger partial charge in [-0.05, 0) is 35.4 Å². The predicted octanol–water partition coefficient (Wildman–Crippen LogP) is 3.15. The van der Waals surface area contributed by atoms with Gasteiger partial charge in [0.25, 0.3) is 0 Å². The number of rotatable bonds is 6. The SMILES string of the molecule is CCC(=O)N1N=C(c2ccc(NS(C)(=O)=O)cc2)C[C@H]1c1ccc(OC)cc1. The van der Waals surface area contributed by atoms with E-state index in [1.807, 2.05) is 31.2 Å². The van der Waals surface area contributed by atoms with Gasteiger partial charge in [0.15, 0.2) is 0 Å². The highest BCUT2D eigenvalue weighted by atomic mass is 32.2. The molecule has 0 aliphatic carbocycles. The molecule has 1 aliphatic rings. The molecule has 8 heteroatoms. The summed E-state index contributed by atoms with van der Waals surface area (Å²) in [6.07, 6.45) is 2.05. The van der Waals surface area contributed by atoms with Crippen molar-refractivity contribution in [2.45, 2.75) is 25.8 Å². The molecule has 0 radical (unpaired) electrons. The lowest BCUT2D eigenvalue weighted by Crippen LogP contribution is -2.26. The van der Waals surface area contributed by atoms with Crippen LogP contribution in [-0.4, -0.2) is 38.4 Å². The van der Waals surface area contributed by atoms with Gasteiger partial charge in [-0.1, -0.05) is 31.2 Å². The summed E-state index contributed by atoms with van der Waals surface area (Å²) in [6, 6.07) is 14.4. The Hall–Kier alpha value is -2.87. The van der Waals surface area contributed by atoms with E-state index >= 15 is 0 Å². The summed E-state index contributed by atoms with van der Waals surface area (Å²) in [5, 5.41) is 6.11. The van der Waals surface area contributed by atoms with E-state index in [-0.39, 0.29) is 11.9 Å². The standard InChI is InChI=1S/C20H23N3O4S/c1-4-20(24)23-19(15-7-11-17(27-2)12-8-15)13-18(21-23)14-5-9-16(10-6-14)22-28(3,25)26/h5-12,19,22H,4,13H2,1-3H3/t19-/m0/s1. The zero-order chi connectivity index (χ0) is 20.3. The maximum Gasteiger partial charge on any atom is 0.242 e. The quantitative estimate of drug-likeness (QED) is 0.805. The van der Waals surface area contributed by atoms with Gasteiger partial charge < -0.3 is 4.74 Å². The Morgan fingerprint density at radius 3 is 2.36 bits per heavy atom. The number of benzene rings is 2. The molecule has 28 heavy (non-hydrogen) atoms. The normalized spacial score (nSPS) is 16.6. The average Bonchev–Trinajstić information content (AvgIpc) is 3.12. The van der Waals surface area contributed by atoms with Crippen molar-refractivity contribution in [3.63, 3.8) is 0 Å². The number of nitrogens with zero attached hydrogens (tertiary/aromatic N) is 2. The van der Waals surface area contributed by atoms with Gasteiger partial charge in [-0.25, -0.2) is 13.4 Å². The maximum absolute atomic E-state index is 12.4. The summed E-state index contributed by atoms with van der Waals surface area (Å²) in [7, 11) is -1.71. The van der Waals surface area contributed by atoms with Crippen LogP contribution in [0.4, 0.5) is 5.69 Å². The first-order valence-corrected chi connectivity index (χ1v) is 10.8. The van der Waals surface area contributed by atoms with Crippen molar-refractivity contribution < 1.29 is 17.9 Å².